The summed E-state index contributed by atoms with van der Waals surface area (Å²) < 4.78 is 0. The number of rotatable bonds is 5. The third-order valence-corrected chi connectivity index (χ3v) is 3.97. The lowest BCUT2D eigenvalue weighted by Gasteiger charge is -2.26. The van der Waals surface area contributed by atoms with E-state index < -0.39 is 0 Å². The molecule has 0 aromatic heterocycles. The standard InChI is InChI=1S/C14H20Cl2N2O/c1-4-18(14(19)9(2)10(3)17)8-11-5-6-12(15)13(16)7-11/h5-7,9-10H,4,8,17H2,1-3H3. The number of hydrogen-bond acceptors (Lipinski definition) is 2. The fraction of sp³-hybridized carbons (Fsp3) is 0.500. The molecule has 0 saturated carbocycles. The van der Waals surface area contributed by atoms with Crippen molar-refractivity contribution >= 4 is 29.1 Å². The fourth-order valence-electron chi connectivity index (χ4n) is 1.72. The number of carbonyl (C=O) groups is 1. The van der Waals surface area contributed by atoms with Gasteiger partial charge < -0.3 is 10.6 Å². The molecule has 0 bridgehead atoms. The monoisotopic (exact) mass is 302 g/mol. The largest absolute Gasteiger partial charge is 0.338 e. The van der Waals surface area contributed by atoms with E-state index in [1.165, 1.54) is 0 Å². The minimum absolute atomic E-state index is 0.0589. The van der Waals surface area contributed by atoms with Crippen LogP contribution in [0.1, 0.15) is 26.3 Å². The molecule has 0 radical (unpaired) electrons. The summed E-state index contributed by atoms with van der Waals surface area (Å²) in [6.07, 6.45) is 0. The molecule has 5 heteroatoms. The molecule has 1 rings (SSSR count). The van der Waals surface area contributed by atoms with Crippen LogP contribution in [0.3, 0.4) is 0 Å². The minimum atomic E-state index is -0.192. The van der Waals surface area contributed by atoms with Gasteiger partial charge in [-0.05, 0) is 31.5 Å². The van der Waals surface area contributed by atoms with E-state index >= 15 is 0 Å². The average Bonchev–Trinajstić information content (AvgIpc) is 2.38. The highest BCUT2D eigenvalue weighted by atomic mass is 35.5. The van der Waals surface area contributed by atoms with Gasteiger partial charge in [0.25, 0.3) is 0 Å². The van der Waals surface area contributed by atoms with Crippen LogP contribution < -0.4 is 5.73 Å². The number of hydrogen-bond donors (Lipinski definition) is 1. The summed E-state index contributed by atoms with van der Waals surface area (Å²) in [4.78, 5) is 14.0. The molecule has 1 aromatic rings. The maximum absolute atomic E-state index is 12.3. The third kappa shape index (κ3) is 4.37. The van der Waals surface area contributed by atoms with Crippen LogP contribution in [0.4, 0.5) is 0 Å². The zero-order valence-electron chi connectivity index (χ0n) is 11.5. The maximum atomic E-state index is 12.3. The van der Waals surface area contributed by atoms with Crippen molar-refractivity contribution in [1.29, 1.82) is 0 Å². The normalized spacial score (nSPS) is 14.0. The van der Waals surface area contributed by atoms with Gasteiger partial charge in [-0.25, -0.2) is 0 Å². The van der Waals surface area contributed by atoms with E-state index in [0.29, 0.717) is 23.1 Å². The molecule has 19 heavy (non-hydrogen) atoms. The number of amides is 1. The quantitative estimate of drug-likeness (QED) is 0.907. The molecule has 1 aromatic carbocycles. The zero-order valence-corrected chi connectivity index (χ0v) is 13.0. The second-order valence-electron chi connectivity index (χ2n) is 4.75. The Morgan fingerprint density at radius 3 is 2.42 bits per heavy atom. The van der Waals surface area contributed by atoms with Crippen LogP contribution in [0.25, 0.3) is 0 Å². The van der Waals surface area contributed by atoms with Crippen molar-refractivity contribution < 1.29 is 4.79 Å². The second kappa shape index (κ2) is 7.13. The van der Waals surface area contributed by atoms with Gasteiger partial charge in [0, 0.05) is 19.1 Å². The molecule has 2 atom stereocenters. The smallest absolute Gasteiger partial charge is 0.227 e. The van der Waals surface area contributed by atoms with Crippen LogP contribution in [0.2, 0.25) is 10.0 Å². The Bertz CT molecular complexity index is 449. The maximum Gasteiger partial charge on any atom is 0.227 e. The molecule has 2 unspecified atom stereocenters. The van der Waals surface area contributed by atoms with E-state index in [1.807, 2.05) is 26.8 Å². The van der Waals surface area contributed by atoms with Crippen LogP contribution in [0.5, 0.6) is 0 Å². The van der Waals surface area contributed by atoms with Gasteiger partial charge in [0.05, 0.1) is 16.0 Å². The molecule has 106 valence electrons. The highest BCUT2D eigenvalue weighted by molar-refractivity contribution is 6.42. The van der Waals surface area contributed by atoms with E-state index in [0.717, 1.165) is 5.56 Å². The molecule has 0 fully saturated rings. The van der Waals surface area contributed by atoms with Crippen molar-refractivity contribution in [2.24, 2.45) is 11.7 Å². The Balaban J connectivity index is 2.81. The predicted molar refractivity (Wildman–Crippen MR) is 80.4 cm³/mol. The molecule has 1 amide bonds. The van der Waals surface area contributed by atoms with Crippen molar-refractivity contribution in [3.8, 4) is 0 Å². The SMILES string of the molecule is CCN(Cc1ccc(Cl)c(Cl)c1)C(=O)C(C)C(C)N. The van der Waals surface area contributed by atoms with Crippen LogP contribution in [-0.2, 0) is 11.3 Å². The van der Waals surface area contributed by atoms with Gasteiger partial charge in [-0.1, -0.05) is 36.2 Å². The lowest BCUT2D eigenvalue weighted by Crippen LogP contribution is -2.41. The average molecular weight is 303 g/mol. The molecule has 0 aliphatic heterocycles. The van der Waals surface area contributed by atoms with Gasteiger partial charge in [0.15, 0.2) is 0 Å². The Labute approximate surface area is 124 Å². The molecule has 2 N–H and O–H groups in total. The number of carbonyl (C=O) groups excluding carboxylic acids is 1. The summed E-state index contributed by atoms with van der Waals surface area (Å²) in [6, 6.07) is 5.25. The summed E-state index contributed by atoms with van der Waals surface area (Å²) in [5.41, 5.74) is 6.74. The van der Waals surface area contributed by atoms with Crippen molar-refractivity contribution in [2.45, 2.75) is 33.4 Å². The first-order valence-electron chi connectivity index (χ1n) is 6.35. The first-order valence-corrected chi connectivity index (χ1v) is 7.10. The molecule has 0 aliphatic rings. The van der Waals surface area contributed by atoms with Crippen LogP contribution in [-0.4, -0.2) is 23.4 Å². The number of benzene rings is 1. The molecule has 0 saturated heterocycles. The minimum Gasteiger partial charge on any atom is -0.338 e. The summed E-state index contributed by atoms with van der Waals surface area (Å²) >= 11 is 11.9. The highest BCUT2D eigenvalue weighted by Gasteiger charge is 2.22. The van der Waals surface area contributed by atoms with E-state index in [1.54, 1.807) is 17.0 Å². The zero-order chi connectivity index (χ0) is 14.6. The van der Waals surface area contributed by atoms with E-state index in [2.05, 4.69) is 0 Å². The Morgan fingerprint density at radius 2 is 1.95 bits per heavy atom. The fourth-order valence-corrected chi connectivity index (χ4v) is 2.04. The summed E-state index contributed by atoms with van der Waals surface area (Å²) in [6.45, 7) is 6.79. The lowest BCUT2D eigenvalue weighted by atomic mass is 10.0. The van der Waals surface area contributed by atoms with E-state index in [4.69, 9.17) is 28.9 Å². The Morgan fingerprint density at radius 1 is 1.32 bits per heavy atom. The second-order valence-corrected chi connectivity index (χ2v) is 5.56. The van der Waals surface area contributed by atoms with Gasteiger partial charge in [-0.3, -0.25) is 4.79 Å². The van der Waals surface area contributed by atoms with Crippen LogP contribution in [0.15, 0.2) is 18.2 Å². The molecular weight excluding hydrogens is 283 g/mol. The molecule has 0 heterocycles. The topological polar surface area (TPSA) is 46.3 Å². The predicted octanol–water partition coefficient (Wildman–Crippen LogP) is 3.33. The van der Waals surface area contributed by atoms with Crippen molar-refractivity contribution in [1.82, 2.24) is 4.90 Å². The molecular formula is C14H20Cl2N2O. The summed E-state index contributed by atoms with van der Waals surface area (Å²) in [5, 5.41) is 1.02. The summed E-state index contributed by atoms with van der Waals surface area (Å²) in [5.74, 6) is -0.133. The van der Waals surface area contributed by atoms with Gasteiger partial charge in [0.2, 0.25) is 5.91 Å². The van der Waals surface area contributed by atoms with Gasteiger partial charge in [0.1, 0.15) is 0 Å². The van der Waals surface area contributed by atoms with Gasteiger partial charge >= 0.3 is 0 Å². The van der Waals surface area contributed by atoms with Crippen molar-refractivity contribution in [2.75, 3.05) is 6.54 Å². The van der Waals surface area contributed by atoms with E-state index in [9.17, 15) is 4.79 Å². The Kier molecular flexibility index (Phi) is 6.11. The Hall–Kier alpha value is -0.770. The van der Waals surface area contributed by atoms with Gasteiger partial charge in [-0.15, -0.1) is 0 Å². The van der Waals surface area contributed by atoms with Crippen LogP contribution in [0, 0.1) is 5.92 Å². The first-order chi connectivity index (χ1) is 8.86. The number of nitrogens with two attached hydrogens (primary N) is 1. The van der Waals surface area contributed by atoms with Gasteiger partial charge in [-0.2, -0.15) is 0 Å². The lowest BCUT2D eigenvalue weighted by molar-refractivity contribution is -0.135. The van der Waals surface area contributed by atoms with Crippen molar-refractivity contribution in [3.63, 3.8) is 0 Å². The highest BCUT2D eigenvalue weighted by Crippen LogP contribution is 2.23. The molecule has 3 nitrogen and oxygen atoms in total. The summed E-state index contributed by atoms with van der Waals surface area (Å²) in [7, 11) is 0. The van der Waals surface area contributed by atoms with Crippen molar-refractivity contribution in [3.05, 3.63) is 33.8 Å². The third-order valence-electron chi connectivity index (χ3n) is 3.23. The molecule has 0 spiro atoms. The molecule has 0 aliphatic carbocycles. The number of halogens is 2. The first kappa shape index (κ1) is 16.3. The van der Waals surface area contributed by atoms with Crippen LogP contribution >= 0.6 is 23.2 Å². The van der Waals surface area contributed by atoms with E-state index in [-0.39, 0.29) is 17.9 Å². The number of nitrogens with zero attached hydrogens (tertiary/aromatic N) is 1.